The molecule has 162 valence electrons. The van der Waals surface area contributed by atoms with E-state index in [0.29, 0.717) is 6.54 Å². The van der Waals surface area contributed by atoms with Gasteiger partial charge in [0.15, 0.2) is 5.96 Å². The van der Waals surface area contributed by atoms with Gasteiger partial charge in [-0.05, 0) is 37.2 Å². The number of hydrogen-bond donors (Lipinski definition) is 2. The Morgan fingerprint density at radius 3 is 2.37 bits per heavy atom. The molecule has 1 fully saturated rings. The molecule has 0 aliphatic carbocycles. The second kappa shape index (κ2) is 10.4. The predicted octanol–water partition coefficient (Wildman–Crippen LogP) is 2.02. The van der Waals surface area contributed by atoms with Crippen LogP contribution in [-0.4, -0.2) is 59.0 Å². The van der Waals surface area contributed by atoms with Gasteiger partial charge >= 0.3 is 0 Å². The summed E-state index contributed by atoms with van der Waals surface area (Å²) < 4.78 is 26.0. The fourth-order valence-electron chi connectivity index (χ4n) is 3.52. The average Bonchev–Trinajstić information content (AvgIpc) is 2.77. The molecule has 8 heteroatoms. The van der Waals surface area contributed by atoms with Gasteiger partial charge in [0, 0.05) is 38.4 Å². The van der Waals surface area contributed by atoms with Crippen molar-refractivity contribution in [2.24, 2.45) is 4.99 Å². The number of rotatable bonds is 7. The molecule has 0 radical (unpaired) electrons. The molecule has 0 saturated carbocycles. The molecule has 3 rings (SSSR count). The summed E-state index contributed by atoms with van der Waals surface area (Å²) in [6.45, 7) is 7.09. The van der Waals surface area contributed by atoms with Crippen LogP contribution in [-0.2, 0) is 22.3 Å². The highest BCUT2D eigenvalue weighted by atomic mass is 32.2. The van der Waals surface area contributed by atoms with E-state index >= 15 is 0 Å². The van der Waals surface area contributed by atoms with Crippen LogP contribution < -0.4 is 14.9 Å². The van der Waals surface area contributed by atoms with Crippen molar-refractivity contribution in [3.8, 4) is 0 Å². The number of sulfonamides is 1. The van der Waals surface area contributed by atoms with Crippen LogP contribution in [0.15, 0.2) is 59.6 Å². The Bertz CT molecular complexity index is 939. The summed E-state index contributed by atoms with van der Waals surface area (Å²) in [6, 6.07) is 18.1. The van der Waals surface area contributed by atoms with Gasteiger partial charge in [0.2, 0.25) is 10.0 Å². The van der Waals surface area contributed by atoms with Crippen molar-refractivity contribution in [1.82, 2.24) is 14.9 Å². The first kappa shape index (κ1) is 22.1. The quantitative estimate of drug-likeness (QED) is 0.520. The van der Waals surface area contributed by atoms with E-state index in [9.17, 15) is 8.42 Å². The van der Waals surface area contributed by atoms with Crippen LogP contribution in [0.2, 0.25) is 0 Å². The van der Waals surface area contributed by atoms with E-state index in [2.05, 4.69) is 51.0 Å². The van der Waals surface area contributed by atoms with Crippen molar-refractivity contribution >= 4 is 21.7 Å². The first-order chi connectivity index (χ1) is 14.5. The Labute approximate surface area is 179 Å². The van der Waals surface area contributed by atoms with Gasteiger partial charge in [-0.3, -0.25) is 0 Å². The molecular formula is C22H31N5O2S. The topological polar surface area (TPSA) is 77.0 Å². The molecule has 1 aliphatic heterocycles. The minimum Gasteiger partial charge on any atom is -0.368 e. The molecular weight excluding hydrogens is 398 g/mol. The van der Waals surface area contributed by atoms with E-state index in [1.165, 1.54) is 12.7 Å². The van der Waals surface area contributed by atoms with E-state index in [1.807, 2.05) is 30.3 Å². The van der Waals surface area contributed by atoms with Crippen LogP contribution >= 0.6 is 0 Å². The lowest BCUT2D eigenvalue weighted by Crippen LogP contribution is -2.52. The van der Waals surface area contributed by atoms with Crippen LogP contribution in [0.25, 0.3) is 0 Å². The molecule has 0 aromatic heterocycles. The van der Waals surface area contributed by atoms with Crippen LogP contribution in [0, 0.1) is 0 Å². The van der Waals surface area contributed by atoms with Gasteiger partial charge in [-0.25, -0.2) is 18.1 Å². The molecule has 2 aromatic rings. The summed E-state index contributed by atoms with van der Waals surface area (Å²) >= 11 is 0. The molecule has 0 amide bonds. The maximum Gasteiger partial charge on any atom is 0.215 e. The van der Waals surface area contributed by atoms with Gasteiger partial charge in [-0.1, -0.05) is 42.5 Å². The second-order valence-electron chi connectivity index (χ2n) is 7.26. The Kier molecular flexibility index (Phi) is 7.70. The van der Waals surface area contributed by atoms with Crippen LogP contribution in [0.1, 0.15) is 18.1 Å². The van der Waals surface area contributed by atoms with Crippen molar-refractivity contribution in [2.75, 3.05) is 44.7 Å². The number of aliphatic imine (C=N–C) groups is 1. The highest BCUT2D eigenvalue weighted by Gasteiger charge is 2.19. The van der Waals surface area contributed by atoms with Crippen molar-refractivity contribution < 1.29 is 8.42 Å². The fourth-order valence-corrected chi connectivity index (χ4v) is 4.28. The number of piperazine rings is 1. The molecule has 1 saturated heterocycles. The van der Waals surface area contributed by atoms with Gasteiger partial charge < -0.3 is 15.1 Å². The van der Waals surface area contributed by atoms with Crippen molar-refractivity contribution in [1.29, 1.82) is 0 Å². The first-order valence-electron chi connectivity index (χ1n) is 10.3. The third-order valence-corrected chi connectivity index (χ3v) is 6.44. The van der Waals surface area contributed by atoms with Crippen molar-refractivity contribution in [3.63, 3.8) is 0 Å². The van der Waals surface area contributed by atoms with Crippen LogP contribution in [0.4, 0.5) is 5.69 Å². The maximum atomic E-state index is 11.8. The highest BCUT2D eigenvalue weighted by molar-refractivity contribution is 7.88. The fraction of sp³-hybridized carbons (Fsp3) is 0.409. The zero-order chi connectivity index (χ0) is 21.4. The molecule has 30 heavy (non-hydrogen) atoms. The lowest BCUT2D eigenvalue weighted by Gasteiger charge is -2.37. The van der Waals surface area contributed by atoms with Gasteiger partial charge in [-0.2, -0.15) is 0 Å². The van der Waals surface area contributed by atoms with E-state index in [4.69, 9.17) is 4.99 Å². The molecule has 0 bridgehead atoms. The van der Waals surface area contributed by atoms with E-state index < -0.39 is 10.0 Å². The Hall–Kier alpha value is -2.58. The molecule has 1 heterocycles. The van der Waals surface area contributed by atoms with E-state index in [1.54, 1.807) is 0 Å². The Morgan fingerprint density at radius 2 is 1.70 bits per heavy atom. The van der Waals surface area contributed by atoms with E-state index in [-0.39, 0.29) is 5.75 Å². The van der Waals surface area contributed by atoms with Crippen molar-refractivity contribution in [3.05, 3.63) is 65.7 Å². The van der Waals surface area contributed by atoms with Crippen molar-refractivity contribution in [2.45, 2.75) is 19.2 Å². The first-order valence-corrected chi connectivity index (χ1v) is 12.0. The smallest absolute Gasteiger partial charge is 0.215 e. The minimum absolute atomic E-state index is 0.0252. The van der Waals surface area contributed by atoms with Gasteiger partial charge in [0.05, 0.1) is 12.3 Å². The normalized spacial score (nSPS) is 15.3. The molecule has 7 nitrogen and oxygen atoms in total. The number of benzene rings is 2. The third kappa shape index (κ3) is 6.21. The molecule has 2 N–H and O–H groups in total. The van der Waals surface area contributed by atoms with E-state index in [0.717, 1.165) is 49.8 Å². The molecule has 1 aliphatic rings. The van der Waals surface area contributed by atoms with Gasteiger partial charge in [-0.15, -0.1) is 0 Å². The largest absolute Gasteiger partial charge is 0.368 e. The Balaban J connectivity index is 1.64. The molecule has 0 atom stereocenters. The number of guanidine groups is 1. The maximum absolute atomic E-state index is 11.8. The predicted molar refractivity (Wildman–Crippen MR) is 123 cm³/mol. The van der Waals surface area contributed by atoms with Crippen LogP contribution in [0.3, 0.4) is 0 Å². The summed E-state index contributed by atoms with van der Waals surface area (Å²) in [5.41, 5.74) is 3.02. The summed E-state index contributed by atoms with van der Waals surface area (Å²) in [7, 11) is -1.85. The van der Waals surface area contributed by atoms with Gasteiger partial charge in [0.1, 0.15) is 0 Å². The lowest BCUT2D eigenvalue weighted by molar-refractivity contribution is 0.372. The minimum atomic E-state index is -3.29. The standard InChI is InChI=1S/C22H31N5O2S/c1-3-24-22(27-14-12-26(13-15-27)21-10-5-4-6-11-21)25-17-19-8-7-9-20(16-19)18-30(28,29)23-2/h4-11,16,23H,3,12-15,17-18H2,1-2H3,(H,24,25). The summed E-state index contributed by atoms with van der Waals surface area (Å²) in [5, 5.41) is 3.39. The monoisotopic (exact) mass is 429 g/mol. The Morgan fingerprint density at radius 1 is 1.00 bits per heavy atom. The van der Waals surface area contributed by atoms with Crippen LogP contribution in [0.5, 0.6) is 0 Å². The number of anilines is 1. The molecule has 0 unspecified atom stereocenters. The summed E-state index contributed by atoms with van der Waals surface area (Å²) in [6.07, 6.45) is 0. The average molecular weight is 430 g/mol. The molecule has 0 spiro atoms. The van der Waals surface area contributed by atoms with Gasteiger partial charge in [0.25, 0.3) is 0 Å². The zero-order valence-corrected chi connectivity index (χ0v) is 18.5. The SMILES string of the molecule is CCNC(=NCc1cccc(CS(=O)(=O)NC)c1)N1CCN(c2ccccc2)CC1. The number of nitrogens with zero attached hydrogens (tertiary/aromatic N) is 3. The molecule has 2 aromatic carbocycles. The highest BCUT2D eigenvalue weighted by Crippen LogP contribution is 2.16. The number of hydrogen-bond acceptors (Lipinski definition) is 4. The summed E-state index contributed by atoms with van der Waals surface area (Å²) in [4.78, 5) is 9.50. The zero-order valence-electron chi connectivity index (χ0n) is 17.7. The summed E-state index contributed by atoms with van der Waals surface area (Å²) in [5.74, 6) is 0.876. The number of para-hydroxylation sites is 1. The second-order valence-corrected chi connectivity index (χ2v) is 9.19. The third-order valence-electron chi connectivity index (χ3n) is 5.11. The lowest BCUT2D eigenvalue weighted by atomic mass is 10.1. The number of nitrogens with one attached hydrogen (secondary N) is 2.